The monoisotopic (exact) mass is 249 g/mol. The average molecular weight is 249 g/mol. The van der Waals surface area contributed by atoms with Gasteiger partial charge >= 0.3 is 0 Å². The molecule has 0 saturated heterocycles. The molecule has 0 aliphatic carbocycles. The number of hydrogen-bond acceptors (Lipinski definition) is 4. The van der Waals surface area contributed by atoms with Gasteiger partial charge in [0.2, 0.25) is 0 Å². The number of para-hydroxylation sites is 1. The number of ether oxygens (including phenoxy) is 1. The molecule has 2 N–H and O–H groups in total. The highest BCUT2D eigenvalue weighted by atomic mass is 16.5. The Morgan fingerprint density at radius 1 is 1.44 bits per heavy atom. The summed E-state index contributed by atoms with van der Waals surface area (Å²) in [6, 6.07) is 8.12. The summed E-state index contributed by atoms with van der Waals surface area (Å²) in [6.07, 6.45) is -0.482. The third-order valence-corrected chi connectivity index (χ3v) is 2.87. The van der Waals surface area contributed by atoms with Crippen LogP contribution in [0.25, 0.3) is 10.9 Å². The SMILES string of the molecule is COCC(O)CNCc1nn(C)c2ccccc12. The Bertz CT molecular complexity index is 510. The maximum Gasteiger partial charge on any atom is 0.0897 e. The van der Waals surface area contributed by atoms with E-state index >= 15 is 0 Å². The molecule has 1 heterocycles. The molecule has 1 aromatic carbocycles. The van der Waals surface area contributed by atoms with E-state index in [0.29, 0.717) is 19.7 Å². The number of methoxy groups -OCH3 is 1. The van der Waals surface area contributed by atoms with Gasteiger partial charge in [-0.25, -0.2) is 0 Å². The molecule has 5 heteroatoms. The lowest BCUT2D eigenvalue weighted by Crippen LogP contribution is -2.29. The van der Waals surface area contributed by atoms with Crippen molar-refractivity contribution in [2.75, 3.05) is 20.3 Å². The Balaban J connectivity index is 2.00. The molecular weight excluding hydrogens is 230 g/mol. The van der Waals surface area contributed by atoms with Crippen LogP contribution < -0.4 is 5.32 Å². The van der Waals surface area contributed by atoms with Crippen LogP contribution in [0, 0.1) is 0 Å². The van der Waals surface area contributed by atoms with Gasteiger partial charge < -0.3 is 15.2 Å². The largest absolute Gasteiger partial charge is 0.389 e. The molecule has 0 spiro atoms. The lowest BCUT2D eigenvalue weighted by atomic mass is 10.2. The molecular formula is C13H19N3O2. The van der Waals surface area contributed by atoms with Gasteiger partial charge in [0, 0.05) is 32.6 Å². The molecule has 0 bridgehead atoms. The van der Waals surface area contributed by atoms with Gasteiger partial charge in [-0.2, -0.15) is 5.10 Å². The fraction of sp³-hybridized carbons (Fsp3) is 0.462. The molecule has 1 unspecified atom stereocenters. The van der Waals surface area contributed by atoms with Crippen LogP contribution in [0.3, 0.4) is 0 Å². The van der Waals surface area contributed by atoms with Gasteiger partial charge in [0.25, 0.3) is 0 Å². The summed E-state index contributed by atoms with van der Waals surface area (Å²) >= 11 is 0. The van der Waals surface area contributed by atoms with E-state index in [1.807, 2.05) is 29.9 Å². The average Bonchev–Trinajstić information content (AvgIpc) is 2.68. The highest BCUT2D eigenvalue weighted by Crippen LogP contribution is 2.16. The molecule has 1 atom stereocenters. The number of benzene rings is 1. The van der Waals surface area contributed by atoms with Crippen LogP contribution >= 0.6 is 0 Å². The lowest BCUT2D eigenvalue weighted by molar-refractivity contribution is 0.0644. The number of rotatable bonds is 6. The molecule has 0 fully saturated rings. The quantitative estimate of drug-likeness (QED) is 0.790. The first-order valence-electron chi connectivity index (χ1n) is 6.00. The summed E-state index contributed by atoms with van der Waals surface area (Å²) < 4.78 is 6.74. The van der Waals surface area contributed by atoms with E-state index in [0.717, 1.165) is 16.6 Å². The van der Waals surface area contributed by atoms with Gasteiger partial charge in [0.1, 0.15) is 0 Å². The van der Waals surface area contributed by atoms with Gasteiger partial charge in [-0.1, -0.05) is 18.2 Å². The molecule has 98 valence electrons. The molecule has 0 radical (unpaired) electrons. The van der Waals surface area contributed by atoms with Gasteiger partial charge in [0.05, 0.1) is 23.9 Å². The minimum absolute atomic E-state index is 0.343. The van der Waals surface area contributed by atoms with E-state index in [1.165, 1.54) is 0 Å². The van der Waals surface area contributed by atoms with Gasteiger partial charge in [0.15, 0.2) is 0 Å². The van der Waals surface area contributed by atoms with E-state index in [4.69, 9.17) is 4.74 Å². The van der Waals surface area contributed by atoms with Crippen LogP contribution in [-0.4, -0.2) is 41.3 Å². The maximum absolute atomic E-state index is 9.53. The summed E-state index contributed by atoms with van der Waals surface area (Å²) in [5, 5.41) is 18.3. The topological polar surface area (TPSA) is 59.3 Å². The number of hydrogen-bond donors (Lipinski definition) is 2. The smallest absolute Gasteiger partial charge is 0.0897 e. The number of nitrogens with one attached hydrogen (secondary N) is 1. The Morgan fingerprint density at radius 2 is 2.22 bits per heavy atom. The van der Waals surface area contributed by atoms with E-state index in [-0.39, 0.29) is 0 Å². The Labute approximate surface area is 106 Å². The Hall–Kier alpha value is -1.43. The van der Waals surface area contributed by atoms with E-state index in [9.17, 15) is 5.11 Å². The van der Waals surface area contributed by atoms with Crippen LogP contribution in [0.4, 0.5) is 0 Å². The maximum atomic E-state index is 9.53. The van der Waals surface area contributed by atoms with Gasteiger partial charge in [-0.3, -0.25) is 4.68 Å². The van der Waals surface area contributed by atoms with Crippen molar-refractivity contribution in [3.05, 3.63) is 30.0 Å². The number of aromatic nitrogens is 2. The zero-order valence-corrected chi connectivity index (χ0v) is 10.8. The van der Waals surface area contributed by atoms with Crippen molar-refractivity contribution < 1.29 is 9.84 Å². The molecule has 0 aliphatic heterocycles. The minimum Gasteiger partial charge on any atom is -0.389 e. The van der Waals surface area contributed by atoms with Crippen molar-refractivity contribution in [1.29, 1.82) is 0 Å². The van der Waals surface area contributed by atoms with E-state index < -0.39 is 6.10 Å². The summed E-state index contributed by atoms with van der Waals surface area (Å²) in [4.78, 5) is 0. The van der Waals surface area contributed by atoms with Crippen LogP contribution in [0.15, 0.2) is 24.3 Å². The first kappa shape index (κ1) is 13.0. The van der Waals surface area contributed by atoms with Crippen LogP contribution in [-0.2, 0) is 18.3 Å². The molecule has 2 aromatic rings. The number of aryl methyl sites for hydroxylation is 1. The second-order valence-electron chi connectivity index (χ2n) is 4.33. The predicted molar refractivity (Wildman–Crippen MR) is 70.3 cm³/mol. The van der Waals surface area contributed by atoms with Crippen molar-refractivity contribution in [2.24, 2.45) is 7.05 Å². The molecule has 18 heavy (non-hydrogen) atoms. The minimum atomic E-state index is -0.482. The molecule has 0 saturated carbocycles. The Kier molecular flexibility index (Phi) is 4.30. The molecule has 5 nitrogen and oxygen atoms in total. The summed E-state index contributed by atoms with van der Waals surface area (Å²) in [5.41, 5.74) is 2.12. The molecule has 0 aliphatic rings. The number of aliphatic hydroxyl groups is 1. The third-order valence-electron chi connectivity index (χ3n) is 2.87. The zero-order chi connectivity index (χ0) is 13.0. The first-order valence-corrected chi connectivity index (χ1v) is 6.00. The Morgan fingerprint density at radius 3 is 3.00 bits per heavy atom. The summed E-state index contributed by atoms with van der Waals surface area (Å²) in [5.74, 6) is 0. The second-order valence-corrected chi connectivity index (χ2v) is 4.33. The lowest BCUT2D eigenvalue weighted by Gasteiger charge is -2.09. The van der Waals surface area contributed by atoms with Crippen LogP contribution in [0.1, 0.15) is 5.69 Å². The summed E-state index contributed by atoms with van der Waals surface area (Å²) in [7, 11) is 3.51. The second kappa shape index (κ2) is 5.95. The van der Waals surface area contributed by atoms with Crippen LogP contribution in [0.5, 0.6) is 0 Å². The number of fused-ring (bicyclic) bond motifs is 1. The zero-order valence-electron chi connectivity index (χ0n) is 10.8. The molecule has 1 aromatic heterocycles. The van der Waals surface area contributed by atoms with Gasteiger partial charge in [-0.15, -0.1) is 0 Å². The number of nitrogens with zero attached hydrogens (tertiary/aromatic N) is 2. The van der Waals surface area contributed by atoms with Crippen molar-refractivity contribution in [3.63, 3.8) is 0 Å². The van der Waals surface area contributed by atoms with Crippen molar-refractivity contribution >= 4 is 10.9 Å². The van der Waals surface area contributed by atoms with E-state index in [1.54, 1.807) is 7.11 Å². The first-order chi connectivity index (χ1) is 8.72. The third kappa shape index (κ3) is 2.87. The highest BCUT2D eigenvalue weighted by Gasteiger charge is 2.08. The van der Waals surface area contributed by atoms with Gasteiger partial charge in [-0.05, 0) is 6.07 Å². The highest BCUT2D eigenvalue weighted by molar-refractivity contribution is 5.81. The van der Waals surface area contributed by atoms with E-state index in [2.05, 4.69) is 16.5 Å². The van der Waals surface area contributed by atoms with Crippen LogP contribution in [0.2, 0.25) is 0 Å². The number of aliphatic hydroxyl groups excluding tert-OH is 1. The molecule has 0 amide bonds. The fourth-order valence-electron chi connectivity index (χ4n) is 2.03. The standard InChI is InChI=1S/C13H19N3O2/c1-16-13-6-4-3-5-11(13)12(15-16)8-14-7-10(17)9-18-2/h3-6,10,14,17H,7-9H2,1-2H3. The normalized spacial score (nSPS) is 13.1. The molecule has 2 rings (SSSR count). The van der Waals surface area contributed by atoms with Crippen molar-refractivity contribution in [1.82, 2.24) is 15.1 Å². The van der Waals surface area contributed by atoms with Crippen molar-refractivity contribution in [3.8, 4) is 0 Å². The fourth-order valence-corrected chi connectivity index (χ4v) is 2.03. The predicted octanol–water partition coefficient (Wildman–Crippen LogP) is 0.670. The van der Waals surface area contributed by atoms with Crippen molar-refractivity contribution in [2.45, 2.75) is 12.6 Å². The summed E-state index contributed by atoms with van der Waals surface area (Å²) in [6.45, 7) is 1.48.